The molecule has 1 fully saturated rings. The van der Waals surface area contributed by atoms with E-state index in [9.17, 15) is 9.59 Å². The molecule has 0 aromatic heterocycles. The molecule has 1 rings (SSSR count). The Bertz CT molecular complexity index is 283. The molecule has 0 saturated carbocycles. The molecule has 0 spiro atoms. The minimum atomic E-state index is -1.41. The third-order valence-corrected chi connectivity index (χ3v) is 3.04. The molecule has 1 aliphatic rings. The van der Waals surface area contributed by atoms with Crippen LogP contribution in [0.1, 0.15) is 32.6 Å². The Kier molecular flexibility index (Phi) is 5.21. The number of nitrogens with one attached hydrogen (secondary N) is 1. The second kappa shape index (κ2) is 6.44. The first-order valence-electron chi connectivity index (χ1n) is 5.97. The molecule has 1 saturated heterocycles. The summed E-state index contributed by atoms with van der Waals surface area (Å²) in [7, 11) is 0. The number of aliphatic hydroxyl groups is 1. The first-order chi connectivity index (χ1) is 8.02. The van der Waals surface area contributed by atoms with E-state index in [-0.39, 0.29) is 25.0 Å². The van der Waals surface area contributed by atoms with Crippen LogP contribution in [0.25, 0.3) is 0 Å². The summed E-state index contributed by atoms with van der Waals surface area (Å²) in [6.07, 6.45) is 1.78. The van der Waals surface area contributed by atoms with Crippen LogP contribution in [-0.2, 0) is 4.79 Å². The second-order valence-electron chi connectivity index (χ2n) is 4.41. The normalized spacial score (nSPS) is 22.0. The van der Waals surface area contributed by atoms with Gasteiger partial charge in [-0.2, -0.15) is 0 Å². The van der Waals surface area contributed by atoms with Crippen molar-refractivity contribution in [2.45, 2.75) is 44.8 Å². The summed E-state index contributed by atoms with van der Waals surface area (Å²) in [6, 6.07) is 0.0583. The number of amides is 2. The highest BCUT2D eigenvalue weighted by molar-refractivity contribution is 5.75. The summed E-state index contributed by atoms with van der Waals surface area (Å²) in [5.41, 5.74) is 0. The molecule has 6 heteroatoms. The van der Waals surface area contributed by atoms with Gasteiger partial charge in [0.15, 0.2) is 6.10 Å². The lowest BCUT2D eigenvalue weighted by Gasteiger charge is -2.33. The average Bonchev–Trinajstić information content (AvgIpc) is 2.29. The smallest absolute Gasteiger partial charge is 0.332 e. The average molecular weight is 244 g/mol. The Morgan fingerprint density at radius 1 is 1.47 bits per heavy atom. The van der Waals surface area contributed by atoms with Crippen LogP contribution in [0, 0.1) is 0 Å². The summed E-state index contributed by atoms with van der Waals surface area (Å²) in [4.78, 5) is 23.9. The van der Waals surface area contributed by atoms with Gasteiger partial charge < -0.3 is 20.4 Å². The summed E-state index contributed by atoms with van der Waals surface area (Å²) in [5.74, 6) is -1.26. The molecule has 2 atom stereocenters. The van der Waals surface area contributed by atoms with E-state index in [0.717, 1.165) is 25.8 Å². The van der Waals surface area contributed by atoms with E-state index in [1.165, 1.54) is 0 Å². The van der Waals surface area contributed by atoms with Crippen LogP contribution < -0.4 is 5.32 Å². The van der Waals surface area contributed by atoms with Crippen LogP contribution in [0.15, 0.2) is 0 Å². The number of hydrogen-bond acceptors (Lipinski definition) is 3. The van der Waals surface area contributed by atoms with Gasteiger partial charge >= 0.3 is 12.0 Å². The number of carbonyl (C=O) groups is 2. The van der Waals surface area contributed by atoms with Crippen LogP contribution in [0.5, 0.6) is 0 Å². The number of carboxylic acid groups (broad SMARTS) is 1. The van der Waals surface area contributed by atoms with E-state index >= 15 is 0 Å². The fourth-order valence-electron chi connectivity index (χ4n) is 1.94. The Morgan fingerprint density at radius 3 is 2.76 bits per heavy atom. The zero-order chi connectivity index (χ0) is 12.8. The summed E-state index contributed by atoms with van der Waals surface area (Å²) in [6.45, 7) is 2.93. The molecule has 3 N–H and O–H groups in total. The summed E-state index contributed by atoms with van der Waals surface area (Å²) < 4.78 is 0. The van der Waals surface area contributed by atoms with Gasteiger partial charge in [-0.25, -0.2) is 9.59 Å². The van der Waals surface area contributed by atoms with E-state index in [1.807, 2.05) is 6.92 Å². The third kappa shape index (κ3) is 4.22. The molecule has 0 aliphatic carbocycles. The Morgan fingerprint density at radius 2 is 2.18 bits per heavy atom. The van der Waals surface area contributed by atoms with Gasteiger partial charge in [0, 0.05) is 25.6 Å². The van der Waals surface area contributed by atoms with Gasteiger partial charge in [0.05, 0.1) is 0 Å². The van der Waals surface area contributed by atoms with Crippen LogP contribution in [0.3, 0.4) is 0 Å². The maximum atomic E-state index is 11.7. The van der Waals surface area contributed by atoms with Crippen LogP contribution >= 0.6 is 0 Å². The van der Waals surface area contributed by atoms with Crippen molar-refractivity contribution in [3.63, 3.8) is 0 Å². The van der Waals surface area contributed by atoms with Crippen LogP contribution in [0.4, 0.5) is 4.79 Å². The largest absolute Gasteiger partial charge is 0.479 e. The number of hydrogen-bond donors (Lipinski definition) is 3. The van der Waals surface area contributed by atoms with Gasteiger partial charge in [-0.05, 0) is 26.2 Å². The van der Waals surface area contributed by atoms with Gasteiger partial charge in [-0.3, -0.25) is 0 Å². The maximum absolute atomic E-state index is 11.7. The third-order valence-electron chi connectivity index (χ3n) is 3.04. The number of urea groups is 1. The molecule has 1 aliphatic heterocycles. The Hall–Kier alpha value is -1.30. The maximum Gasteiger partial charge on any atom is 0.332 e. The molecule has 0 bridgehead atoms. The number of piperidine rings is 1. The molecule has 0 aromatic rings. The SMILES string of the molecule is CC1CCCCN1C(=O)NCCC(O)C(=O)O. The highest BCUT2D eigenvalue weighted by Gasteiger charge is 2.23. The first kappa shape index (κ1) is 13.8. The standard InChI is InChI=1S/C11H20N2O4/c1-8-4-2-3-7-13(8)11(17)12-6-5-9(14)10(15)16/h8-9,14H,2-7H2,1H3,(H,12,17)(H,15,16). The Labute approximate surface area is 101 Å². The van der Waals surface area contributed by atoms with Crippen molar-refractivity contribution in [2.75, 3.05) is 13.1 Å². The number of carbonyl (C=O) groups excluding carboxylic acids is 1. The number of aliphatic hydroxyl groups excluding tert-OH is 1. The van der Waals surface area contributed by atoms with Crippen molar-refractivity contribution in [3.8, 4) is 0 Å². The monoisotopic (exact) mass is 244 g/mol. The molecule has 1 heterocycles. The van der Waals surface area contributed by atoms with Crippen molar-refractivity contribution in [1.82, 2.24) is 10.2 Å². The quantitative estimate of drug-likeness (QED) is 0.668. The number of aliphatic carboxylic acids is 1. The number of likely N-dealkylation sites (tertiary alicyclic amines) is 1. The summed E-state index contributed by atoms with van der Waals surface area (Å²) in [5, 5.41) is 20.1. The molecule has 98 valence electrons. The lowest BCUT2D eigenvalue weighted by atomic mass is 10.0. The predicted molar refractivity (Wildman–Crippen MR) is 61.7 cm³/mol. The van der Waals surface area contributed by atoms with Crippen LogP contribution in [-0.4, -0.2) is 52.3 Å². The molecular formula is C11H20N2O4. The highest BCUT2D eigenvalue weighted by atomic mass is 16.4. The molecule has 17 heavy (non-hydrogen) atoms. The number of rotatable bonds is 4. The lowest BCUT2D eigenvalue weighted by molar-refractivity contribution is -0.146. The van der Waals surface area contributed by atoms with E-state index in [0.29, 0.717) is 0 Å². The predicted octanol–water partition coefficient (Wildman–Crippen LogP) is 0.406. The lowest BCUT2D eigenvalue weighted by Crippen LogP contribution is -2.48. The van der Waals surface area contributed by atoms with Crippen molar-refractivity contribution < 1.29 is 19.8 Å². The molecule has 6 nitrogen and oxygen atoms in total. The van der Waals surface area contributed by atoms with Crippen molar-refractivity contribution in [2.24, 2.45) is 0 Å². The molecule has 0 aromatic carbocycles. The molecule has 2 amide bonds. The number of nitrogens with zero attached hydrogens (tertiary/aromatic N) is 1. The van der Waals surface area contributed by atoms with Gasteiger partial charge in [0.25, 0.3) is 0 Å². The van der Waals surface area contributed by atoms with Gasteiger partial charge in [-0.1, -0.05) is 0 Å². The second-order valence-corrected chi connectivity index (χ2v) is 4.41. The summed E-state index contributed by atoms with van der Waals surface area (Å²) >= 11 is 0. The minimum absolute atomic E-state index is 0.0310. The highest BCUT2D eigenvalue weighted by Crippen LogP contribution is 2.15. The molecular weight excluding hydrogens is 224 g/mol. The fourth-order valence-corrected chi connectivity index (χ4v) is 1.94. The van der Waals surface area contributed by atoms with E-state index in [1.54, 1.807) is 4.90 Å². The molecule has 2 unspecified atom stereocenters. The van der Waals surface area contributed by atoms with E-state index < -0.39 is 12.1 Å². The molecule has 0 radical (unpaired) electrons. The fraction of sp³-hybridized carbons (Fsp3) is 0.818. The Balaban J connectivity index is 2.26. The zero-order valence-corrected chi connectivity index (χ0v) is 10.1. The first-order valence-corrected chi connectivity index (χ1v) is 5.97. The van der Waals surface area contributed by atoms with Gasteiger partial charge in [0.1, 0.15) is 0 Å². The van der Waals surface area contributed by atoms with Crippen molar-refractivity contribution >= 4 is 12.0 Å². The van der Waals surface area contributed by atoms with E-state index in [2.05, 4.69) is 5.32 Å². The van der Waals surface area contributed by atoms with Gasteiger partial charge in [-0.15, -0.1) is 0 Å². The van der Waals surface area contributed by atoms with E-state index in [4.69, 9.17) is 10.2 Å². The van der Waals surface area contributed by atoms with Crippen molar-refractivity contribution in [1.29, 1.82) is 0 Å². The van der Waals surface area contributed by atoms with Crippen molar-refractivity contribution in [3.05, 3.63) is 0 Å². The zero-order valence-electron chi connectivity index (χ0n) is 10.1. The number of carboxylic acids is 1. The topological polar surface area (TPSA) is 89.9 Å². The van der Waals surface area contributed by atoms with Gasteiger partial charge in [0.2, 0.25) is 0 Å². The van der Waals surface area contributed by atoms with Crippen LogP contribution in [0.2, 0.25) is 0 Å². The minimum Gasteiger partial charge on any atom is -0.479 e.